The third-order valence-electron chi connectivity index (χ3n) is 5.23. The lowest BCUT2D eigenvalue weighted by atomic mass is 10.1. The molecule has 4 aromatic rings. The lowest BCUT2D eigenvalue weighted by molar-refractivity contribution is 0.0950. The van der Waals surface area contributed by atoms with E-state index in [1.807, 2.05) is 32.0 Å². The van der Waals surface area contributed by atoms with E-state index in [1.54, 1.807) is 47.1 Å². The fraction of sp³-hybridized carbons (Fsp3) is 0.115. The molecule has 0 aliphatic heterocycles. The summed E-state index contributed by atoms with van der Waals surface area (Å²) in [5.74, 6) is -0.247. The molecule has 0 spiro atoms. The van der Waals surface area contributed by atoms with Crippen molar-refractivity contribution in [1.82, 2.24) is 15.1 Å². The quantitative estimate of drug-likeness (QED) is 0.317. The topological polar surface area (TPSA) is 70.7 Å². The molecule has 34 heavy (non-hydrogen) atoms. The lowest BCUT2D eigenvalue weighted by Gasteiger charge is -2.10. The Kier molecular flexibility index (Phi) is 6.95. The van der Waals surface area contributed by atoms with E-state index in [0.29, 0.717) is 43.3 Å². The van der Waals surface area contributed by atoms with E-state index in [-0.39, 0.29) is 12.5 Å². The summed E-state index contributed by atoms with van der Waals surface area (Å²) in [6, 6.07) is 20.0. The second kappa shape index (κ2) is 9.90. The van der Waals surface area contributed by atoms with E-state index in [9.17, 15) is 10.1 Å². The summed E-state index contributed by atoms with van der Waals surface area (Å²) in [6.45, 7) is 3.94. The molecule has 0 aliphatic rings. The Morgan fingerprint density at radius 3 is 2.24 bits per heavy atom. The number of hydrogen-bond donors (Lipinski definition) is 1. The van der Waals surface area contributed by atoms with Crippen LogP contribution in [0.2, 0.25) is 15.1 Å². The zero-order valence-corrected chi connectivity index (χ0v) is 20.6. The van der Waals surface area contributed by atoms with Crippen LogP contribution in [0.4, 0.5) is 0 Å². The molecule has 0 fully saturated rings. The van der Waals surface area contributed by atoms with Gasteiger partial charge >= 0.3 is 0 Å². The molecule has 4 rings (SSSR count). The van der Waals surface area contributed by atoms with Crippen molar-refractivity contribution in [1.29, 1.82) is 5.26 Å². The number of aromatic nitrogens is 2. The van der Waals surface area contributed by atoms with Gasteiger partial charge in [-0.15, -0.1) is 0 Å². The maximum Gasteiger partial charge on any atom is 0.251 e. The summed E-state index contributed by atoms with van der Waals surface area (Å²) in [5, 5.41) is 19.0. The first-order valence-electron chi connectivity index (χ1n) is 10.4. The molecule has 5 nitrogen and oxygen atoms in total. The van der Waals surface area contributed by atoms with Gasteiger partial charge in [-0.3, -0.25) is 4.79 Å². The van der Waals surface area contributed by atoms with Crippen LogP contribution in [0.3, 0.4) is 0 Å². The normalized spacial score (nSPS) is 10.7. The van der Waals surface area contributed by atoms with Gasteiger partial charge in [0.25, 0.3) is 5.91 Å². The van der Waals surface area contributed by atoms with Gasteiger partial charge in [0.1, 0.15) is 17.3 Å². The molecule has 0 radical (unpaired) electrons. The van der Waals surface area contributed by atoms with Crippen LogP contribution in [-0.2, 0) is 6.54 Å². The van der Waals surface area contributed by atoms with Crippen LogP contribution in [0.5, 0.6) is 0 Å². The van der Waals surface area contributed by atoms with E-state index in [0.717, 1.165) is 16.7 Å². The molecule has 0 atom stereocenters. The molecule has 3 aromatic carbocycles. The number of rotatable bonds is 5. The van der Waals surface area contributed by atoms with Crippen LogP contribution < -0.4 is 5.32 Å². The van der Waals surface area contributed by atoms with Gasteiger partial charge in [0, 0.05) is 21.2 Å². The summed E-state index contributed by atoms with van der Waals surface area (Å²) in [6.07, 6.45) is 0. The van der Waals surface area contributed by atoms with Crippen molar-refractivity contribution >= 4 is 40.7 Å². The summed E-state index contributed by atoms with van der Waals surface area (Å²) < 4.78 is 1.60. The second-order valence-electron chi connectivity index (χ2n) is 7.86. The van der Waals surface area contributed by atoms with Gasteiger partial charge in [0.2, 0.25) is 0 Å². The minimum Gasteiger partial charge on any atom is -0.346 e. The number of carbonyl (C=O) groups excluding carboxylic acids is 1. The van der Waals surface area contributed by atoms with E-state index in [2.05, 4.69) is 16.5 Å². The van der Waals surface area contributed by atoms with Gasteiger partial charge < -0.3 is 5.32 Å². The Morgan fingerprint density at radius 2 is 1.62 bits per heavy atom. The standard InChI is InChI=1S/C26H19Cl3N4O/c1-15-9-16(2)11-18(10-15)26(34)31-14-23-21(13-30)25(17-3-5-19(27)6-4-17)33(32-23)24-8-7-20(28)12-22(24)29/h3-12H,14H2,1-2H3,(H,31,34). The molecular formula is C26H19Cl3N4O. The minimum atomic E-state index is -0.247. The average molecular weight is 510 g/mol. The van der Waals surface area contributed by atoms with Crippen molar-refractivity contribution in [3.8, 4) is 23.0 Å². The van der Waals surface area contributed by atoms with Gasteiger partial charge in [0.15, 0.2) is 0 Å². The Morgan fingerprint density at radius 1 is 0.971 bits per heavy atom. The molecule has 1 heterocycles. The molecule has 8 heteroatoms. The van der Waals surface area contributed by atoms with Crippen molar-refractivity contribution in [3.05, 3.63) is 104 Å². The van der Waals surface area contributed by atoms with E-state index >= 15 is 0 Å². The first-order chi connectivity index (χ1) is 16.3. The number of nitriles is 1. The van der Waals surface area contributed by atoms with Crippen LogP contribution in [-0.4, -0.2) is 15.7 Å². The second-order valence-corrected chi connectivity index (χ2v) is 9.14. The van der Waals surface area contributed by atoms with Crippen LogP contribution in [0.15, 0.2) is 60.7 Å². The number of carbonyl (C=O) groups is 1. The Bertz CT molecular complexity index is 1420. The van der Waals surface area contributed by atoms with Crippen molar-refractivity contribution in [2.24, 2.45) is 0 Å². The molecule has 1 N–H and O–H groups in total. The maximum atomic E-state index is 12.8. The Labute approximate surface area is 212 Å². The number of hydrogen-bond acceptors (Lipinski definition) is 3. The molecule has 0 unspecified atom stereocenters. The van der Waals surface area contributed by atoms with Crippen LogP contribution >= 0.6 is 34.8 Å². The highest BCUT2D eigenvalue weighted by Crippen LogP contribution is 2.33. The predicted molar refractivity (Wildman–Crippen MR) is 136 cm³/mol. The van der Waals surface area contributed by atoms with Gasteiger partial charge in [-0.2, -0.15) is 10.4 Å². The third kappa shape index (κ3) is 4.95. The largest absolute Gasteiger partial charge is 0.346 e. The zero-order valence-electron chi connectivity index (χ0n) is 18.4. The molecule has 1 aromatic heterocycles. The van der Waals surface area contributed by atoms with Crippen molar-refractivity contribution in [2.75, 3.05) is 0 Å². The van der Waals surface area contributed by atoms with Crippen molar-refractivity contribution < 1.29 is 4.79 Å². The summed E-state index contributed by atoms with van der Waals surface area (Å²) in [7, 11) is 0. The maximum absolute atomic E-state index is 12.8. The number of nitrogens with zero attached hydrogens (tertiary/aromatic N) is 3. The van der Waals surface area contributed by atoms with Gasteiger partial charge in [-0.25, -0.2) is 4.68 Å². The highest BCUT2D eigenvalue weighted by molar-refractivity contribution is 6.35. The zero-order chi connectivity index (χ0) is 24.4. The Hall–Kier alpha value is -3.30. The van der Waals surface area contributed by atoms with Gasteiger partial charge in [-0.1, -0.05) is 64.1 Å². The molecule has 0 saturated carbocycles. The van der Waals surface area contributed by atoms with Gasteiger partial charge in [-0.05, 0) is 56.3 Å². The van der Waals surface area contributed by atoms with Crippen molar-refractivity contribution in [3.63, 3.8) is 0 Å². The number of aryl methyl sites for hydroxylation is 2. The van der Waals surface area contributed by atoms with Crippen molar-refractivity contribution in [2.45, 2.75) is 20.4 Å². The minimum absolute atomic E-state index is 0.0630. The third-order valence-corrected chi connectivity index (χ3v) is 6.02. The molecule has 0 bridgehead atoms. The van der Waals surface area contributed by atoms with Crippen LogP contribution in [0.1, 0.15) is 32.7 Å². The highest BCUT2D eigenvalue weighted by Gasteiger charge is 2.22. The fourth-order valence-corrected chi connectivity index (χ4v) is 4.39. The fourth-order valence-electron chi connectivity index (χ4n) is 3.78. The summed E-state index contributed by atoms with van der Waals surface area (Å²) in [4.78, 5) is 12.8. The van der Waals surface area contributed by atoms with Crippen LogP contribution in [0.25, 0.3) is 16.9 Å². The number of amides is 1. The Balaban J connectivity index is 1.78. The SMILES string of the molecule is Cc1cc(C)cc(C(=O)NCc2nn(-c3ccc(Cl)cc3Cl)c(-c3ccc(Cl)cc3)c2C#N)c1. The molecule has 170 valence electrons. The smallest absolute Gasteiger partial charge is 0.251 e. The van der Waals surface area contributed by atoms with E-state index in [1.165, 1.54) is 0 Å². The predicted octanol–water partition coefficient (Wildman–Crippen LogP) is 6.92. The molecule has 1 amide bonds. The monoisotopic (exact) mass is 508 g/mol. The lowest BCUT2D eigenvalue weighted by Crippen LogP contribution is -2.23. The number of benzene rings is 3. The molecular weight excluding hydrogens is 491 g/mol. The van der Waals surface area contributed by atoms with E-state index in [4.69, 9.17) is 34.8 Å². The summed E-state index contributed by atoms with van der Waals surface area (Å²) >= 11 is 18.6. The average Bonchev–Trinajstić information content (AvgIpc) is 3.15. The van der Waals surface area contributed by atoms with E-state index < -0.39 is 0 Å². The first kappa shape index (κ1) is 23.8. The summed E-state index contributed by atoms with van der Waals surface area (Å²) in [5.41, 5.74) is 5.10. The molecule has 0 saturated heterocycles. The van der Waals surface area contributed by atoms with Crippen LogP contribution in [0, 0.1) is 25.2 Å². The number of halogens is 3. The highest BCUT2D eigenvalue weighted by atomic mass is 35.5. The first-order valence-corrected chi connectivity index (χ1v) is 11.5. The van der Waals surface area contributed by atoms with Gasteiger partial charge in [0.05, 0.1) is 22.9 Å². The number of nitrogens with one attached hydrogen (secondary N) is 1. The molecule has 0 aliphatic carbocycles.